The van der Waals surface area contributed by atoms with Gasteiger partial charge in [0.25, 0.3) is 0 Å². The Balaban J connectivity index is 1.26. The summed E-state index contributed by atoms with van der Waals surface area (Å²) < 4.78 is 43.7. The van der Waals surface area contributed by atoms with Crippen LogP contribution in [0.4, 0.5) is 19.0 Å². The number of aromatic nitrogens is 1. The zero-order valence-corrected chi connectivity index (χ0v) is 18.7. The second kappa shape index (κ2) is 9.05. The number of pyridine rings is 1. The molecule has 0 spiro atoms. The Bertz CT molecular complexity index is 1230. The van der Waals surface area contributed by atoms with E-state index in [1.165, 1.54) is 12.3 Å². The highest BCUT2D eigenvalue weighted by Gasteiger charge is 2.40. The number of ether oxygens (including phenoxy) is 1. The monoisotopic (exact) mass is 481 g/mol. The molecule has 1 aromatic heterocycles. The summed E-state index contributed by atoms with van der Waals surface area (Å²) in [6.07, 6.45) is 1.17. The van der Waals surface area contributed by atoms with Crippen LogP contribution in [0.3, 0.4) is 0 Å². The van der Waals surface area contributed by atoms with Crippen molar-refractivity contribution in [3.05, 3.63) is 95.1 Å². The summed E-state index contributed by atoms with van der Waals surface area (Å²) >= 11 is 0. The number of fused-ring (bicyclic) bond motifs is 1. The second-order valence-electron chi connectivity index (χ2n) is 8.56. The number of halogens is 3. The van der Waals surface area contributed by atoms with E-state index in [9.17, 15) is 22.8 Å². The summed E-state index contributed by atoms with van der Waals surface area (Å²) in [7, 11) is 0. The fraction of sp³-hybridized carbons (Fsp3) is 0.269. The molecule has 0 bridgehead atoms. The van der Waals surface area contributed by atoms with Gasteiger partial charge in [-0.15, -0.1) is 0 Å². The van der Waals surface area contributed by atoms with Crippen LogP contribution < -0.4 is 4.90 Å². The first-order valence-corrected chi connectivity index (χ1v) is 11.2. The van der Waals surface area contributed by atoms with Crippen molar-refractivity contribution in [2.45, 2.75) is 18.5 Å². The van der Waals surface area contributed by atoms with E-state index in [-0.39, 0.29) is 18.1 Å². The number of benzene rings is 1. The van der Waals surface area contributed by atoms with Crippen LogP contribution in [0, 0.1) is 0 Å². The van der Waals surface area contributed by atoms with Gasteiger partial charge >= 0.3 is 6.18 Å². The lowest BCUT2D eigenvalue weighted by atomic mass is 9.90. The summed E-state index contributed by atoms with van der Waals surface area (Å²) in [6.45, 7) is 1.66. The maximum atomic E-state index is 13.4. The van der Waals surface area contributed by atoms with Gasteiger partial charge < -0.3 is 14.5 Å². The average molecular weight is 481 g/mol. The first-order valence-electron chi connectivity index (χ1n) is 11.2. The average Bonchev–Trinajstić information content (AvgIpc) is 3.15. The van der Waals surface area contributed by atoms with Gasteiger partial charge in [-0.2, -0.15) is 13.2 Å². The van der Waals surface area contributed by atoms with Crippen LogP contribution in [0.1, 0.15) is 23.5 Å². The molecular weight excluding hydrogens is 459 g/mol. The maximum Gasteiger partial charge on any atom is 0.417 e. The molecule has 180 valence electrons. The number of anilines is 1. The number of carbonyl (C=O) groups excluding carboxylic acids is 2. The Hall–Kier alpha value is -3.88. The van der Waals surface area contributed by atoms with Gasteiger partial charge in [0, 0.05) is 43.5 Å². The minimum atomic E-state index is -4.43. The molecule has 2 aromatic rings. The summed E-state index contributed by atoms with van der Waals surface area (Å²) in [6, 6.07) is 11.8. The molecule has 9 heteroatoms. The largest absolute Gasteiger partial charge is 0.472 e. The summed E-state index contributed by atoms with van der Waals surface area (Å²) in [5.41, 5.74) is 2.01. The van der Waals surface area contributed by atoms with Crippen molar-refractivity contribution < 1.29 is 27.5 Å². The SMILES string of the molecule is O=C1C(CC(=O)N2CCN(c3ccc(C(F)(F)F)cn3)CC2)=C2C=COC=C2C1c1ccccc1. The van der Waals surface area contributed by atoms with Crippen molar-refractivity contribution in [3.8, 4) is 0 Å². The second-order valence-corrected chi connectivity index (χ2v) is 8.56. The molecule has 6 nitrogen and oxygen atoms in total. The van der Waals surface area contributed by atoms with Gasteiger partial charge in [-0.25, -0.2) is 4.98 Å². The maximum absolute atomic E-state index is 13.4. The molecule has 2 aliphatic heterocycles. The lowest BCUT2D eigenvalue weighted by Gasteiger charge is -2.35. The number of Topliss-reactive ketones (excluding diaryl/α,β-unsaturated/α-hetero) is 1. The van der Waals surface area contributed by atoms with Gasteiger partial charge in [-0.3, -0.25) is 9.59 Å². The van der Waals surface area contributed by atoms with Gasteiger partial charge in [0.2, 0.25) is 5.91 Å². The normalized spacial score (nSPS) is 20.0. The van der Waals surface area contributed by atoms with Crippen molar-refractivity contribution in [2.24, 2.45) is 0 Å². The number of amides is 1. The number of ketones is 1. The molecule has 5 rings (SSSR count). The van der Waals surface area contributed by atoms with Crippen LogP contribution in [-0.4, -0.2) is 47.8 Å². The summed E-state index contributed by atoms with van der Waals surface area (Å²) in [5.74, 6) is -0.322. The Morgan fingerprint density at radius 1 is 1.06 bits per heavy atom. The zero-order chi connectivity index (χ0) is 24.6. The van der Waals surface area contributed by atoms with Crippen molar-refractivity contribution in [3.63, 3.8) is 0 Å². The van der Waals surface area contributed by atoms with E-state index in [0.717, 1.165) is 29.0 Å². The summed E-state index contributed by atoms with van der Waals surface area (Å²) in [5, 5.41) is 0. The molecule has 1 aliphatic carbocycles. The van der Waals surface area contributed by atoms with Crippen LogP contribution in [0.25, 0.3) is 0 Å². The first-order chi connectivity index (χ1) is 16.8. The first kappa shape index (κ1) is 22.9. The minimum Gasteiger partial charge on any atom is -0.472 e. The molecule has 1 aromatic carbocycles. The minimum absolute atomic E-state index is 0.0162. The Kier molecular flexibility index (Phi) is 5.92. The number of carbonyl (C=O) groups is 2. The summed E-state index contributed by atoms with van der Waals surface area (Å²) in [4.78, 5) is 34.0. The molecule has 3 aliphatic rings. The Morgan fingerprint density at radius 3 is 2.46 bits per heavy atom. The van der Waals surface area contributed by atoms with Crippen molar-refractivity contribution in [2.75, 3.05) is 31.1 Å². The smallest absolute Gasteiger partial charge is 0.417 e. The van der Waals surface area contributed by atoms with Crippen molar-refractivity contribution in [1.82, 2.24) is 9.88 Å². The van der Waals surface area contributed by atoms with Gasteiger partial charge in [-0.05, 0) is 29.3 Å². The quantitative estimate of drug-likeness (QED) is 0.654. The Labute approximate surface area is 200 Å². The molecule has 1 fully saturated rings. The highest BCUT2D eigenvalue weighted by molar-refractivity contribution is 6.11. The topological polar surface area (TPSA) is 62.7 Å². The lowest BCUT2D eigenvalue weighted by Crippen LogP contribution is -2.49. The number of hydrogen-bond acceptors (Lipinski definition) is 5. The van der Waals surface area contributed by atoms with E-state index in [4.69, 9.17) is 4.74 Å². The molecule has 0 saturated carbocycles. The van der Waals surface area contributed by atoms with Crippen LogP contribution in [-0.2, 0) is 20.5 Å². The van der Waals surface area contributed by atoms with Gasteiger partial charge in [-0.1, -0.05) is 30.3 Å². The van der Waals surface area contributed by atoms with Crippen LogP contribution in [0.2, 0.25) is 0 Å². The van der Waals surface area contributed by atoms with Crippen molar-refractivity contribution in [1.29, 1.82) is 0 Å². The predicted octanol–water partition coefficient (Wildman–Crippen LogP) is 4.23. The van der Waals surface area contributed by atoms with E-state index >= 15 is 0 Å². The lowest BCUT2D eigenvalue weighted by molar-refractivity contribution is -0.137. The van der Waals surface area contributed by atoms with Crippen molar-refractivity contribution >= 4 is 17.5 Å². The molecule has 1 saturated heterocycles. The predicted molar refractivity (Wildman–Crippen MR) is 122 cm³/mol. The third-order valence-corrected chi connectivity index (χ3v) is 6.51. The number of nitrogens with zero attached hydrogens (tertiary/aromatic N) is 3. The molecular formula is C26H22F3N3O3. The fourth-order valence-corrected chi connectivity index (χ4v) is 4.67. The zero-order valence-electron chi connectivity index (χ0n) is 18.7. The van der Waals surface area contributed by atoms with Crippen LogP contribution >= 0.6 is 0 Å². The third kappa shape index (κ3) is 4.45. The number of allylic oxidation sites excluding steroid dienone is 3. The number of hydrogen-bond donors (Lipinski definition) is 0. The standard InChI is InChI=1S/C26H22F3N3O3/c27-26(28,29)18-6-7-22(30-15-18)31-9-11-32(12-10-31)23(33)14-20-19-8-13-35-16-21(19)24(25(20)34)17-4-2-1-3-5-17/h1-8,13,15-16,24H,9-12,14H2. The molecule has 1 atom stereocenters. The molecule has 0 radical (unpaired) electrons. The third-order valence-electron chi connectivity index (χ3n) is 6.51. The highest BCUT2D eigenvalue weighted by Crippen LogP contribution is 2.43. The van der Waals surface area contributed by atoms with Gasteiger partial charge in [0.15, 0.2) is 5.78 Å². The molecule has 1 unspecified atom stereocenters. The van der Waals surface area contributed by atoms with E-state index in [2.05, 4.69) is 4.98 Å². The number of alkyl halides is 3. The number of piperazine rings is 1. The van der Waals surface area contributed by atoms with E-state index < -0.39 is 17.7 Å². The van der Waals surface area contributed by atoms with E-state index in [1.54, 1.807) is 17.2 Å². The van der Waals surface area contributed by atoms with Gasteiger partial charge in [0.1, 0.15) is 5.82 Å². The van der Waals surface area contributed by atoms with E-state index in [1.807, 2.05) is 35.2 Å². The number of rotatable bonds is 4. The molecule has 35 heavy (non-hydrogen) atoms. The highest BCUT2D eigenvalue weighted by atomic mass is 19.4. The molecule has 0 N–H and O–H groups in total. The van der Waals surface area contributed by atoms with Crippen LogP contribution in [0.5, 0.6) is 0 Å². The molecule has 1 amide bonds. The van der Waals surface area contributed by atoms with Crippen LogP contribution in [0.15, 0.2) is 84.0 Å². The Morgan fingerprint density at radius 2 is 1.80 bits per heavy atom. The van der Waals surface area contributed by atoms with Gasteiger partial charge in [0.05, 0.1) is 30.4 Å². The fourth-order valence-electron chi connectivity index (χ4n) is 4.67. The molecule has 3 heterocycles. The van der Waals surface area contributed by atoms with E-state index in [0.29, 0.717) is 37.6 Å².